The van der Waals surface area contributed by atoms with Gasteiger partial charge in [-0.2, -0.15) is 0 Å². The third-order valence-corrected chi connectivity index (χ3v) is 5.14. The maximum Gasteiger partial charge on any atom is 0.156 e. The van der Waals surface area contributed by atoms with Crippen LogP contribution in [0.1, 0.15) is 51.1 Å². The average Bonchev–Trinajstić information content (AvgIpc) is 3.27. The van der Waals surface area contributed by atoms with E-state index in [1.807, 2.05) is 18.3 Å². The number of fused-ring (bicyclic) bond motifs is 1. The molecule has 0 bridgehead atoms. The molecule has 3 heterocycles. The van der Waals surface area contributed by atoms with Crippen LogP contribution in [0.2, 0.25) is 0 Å². The molecule has 0 radical (unpaired) electrons. The van der Waals surface area contributed by atoms with E-state index in [4.69, 9.17) is 21.7 Å². The molecule has 0 saturated heterocycles. The van der Waals surface area contributed by atoms with Crippen molar-refractivity contribution in [3.63, 3.8) is 0 Å². The van der Waals surface area contributed by atoms with Gasteiger partial charge < -0.3 is 26.2 Å². The van der Waals surface area contributed by atoms with Crippen molar-refractivity contribution in [3.05, 3.63) is 42.5 Å². The van der Waals surface area contributed by atoms with Crippen LogP contribution < -0.4 is 11.5 Å². The zero-order chi connectivity index (χ0) is 21.0. The molecule has 2 unspecified atom stereocenters. The van der Waals surface area contributed by atoms with Crippen molar-refractivity contribution in [1.82, 2.24) is 19.5 Å². The van der Waals surface area contributed by atoms with E-state index in [9.17, 15) is 0 Å². The molecule has 0 spiro atoms. The van der Waals surface area contributed by atoms with Gasteiger partial charge in [0.05, 0.1) is 5.39 Å². The Morgan fingerprint density at radius 1 is 1.10 bits per heavy atom. The third-order valence-electron chi connectivity index (χ3n) is 5.14. The Labute approximate surface area is 170 Å². The predicted octanol–water partition coefficient (Wildman–Crippen LogP) is 2.67. The highest BCUT2D eigenvalue weighted by Gasteiger charge is 2.26. The minimum atomic E-state index is -1.50. The van der Waals surface area contributed by atoms with Gasteiger partial charge in [-0.25, -0.2) is 15.0 Å². The van der Waals surface area contributed by atoms with Gasteiger partial charge in [-0.1, -0.05) is 6.07 Å². The number of aryl methyl sites for hydroxylation is 1. The Kier molecular flexibility index (Phi) is 6.34. The summed E-state index contributed by atoms with van der Waals surface area (Å²) in [6.45, 7) is 2.60. The normalized spacial score (nSPS) is 19.2. The molecule has 2 atom stereocenters. The van der Waals surface area contributed by atoms with Crippen LogP contribution in [-0.4, -0.2) is 35.5 Å². The summed E-state index contributed by atoms with van der Waals surface area (Å²) in [6.07, 6.45) is 11.4. The second-order valence-corrected chi connectivity index (χ2v) is 8.18. The molecule has 4 rings (SSSR count). The van der Waals surface area contributed by atoms with Crippen molar-refractivity contribution in [2.24, 2.45) is 5.92 Å². The summed E-state index contributed by atoms with van der Waals surface area (Å²) in [5, 5.41) is 17.1. The fourth-order valence-electron chi connectivity index (χ4n) is 3.80. The maximum absolute atomic E-state index is 8.08. The Morgan fingerprint density at radius 3 is 2.55 bits per heavy atom. The van der Waals surface area contributed by atoms with Crippen molar-refractivity contribution >= 4 is 22.7 Å². The van der Waals surface area contributed by atoms with E-state index in [2.05, 4.69) is 31.8 Å². The molecule has 0 aromatic carbocycles. The summed E-state index contributed by atoms with van der Waals surface area (Å²) in [5.74, 6) is 0.383. The minimum absolute atomic E-state index is 0.506. The zero-order valence-corrected chi connectivity index (χ0v) is 17.0. The molecule has 8 nitrogen and oxygen atoms in total. The number of anilines is 2. The second-order valence-electron chi connectivity index (χ2n) is 8.18. The lowest BCUT2D eigenvalue weighted by Crippen LogP contribution is -2.15. The van der Waals surface area contributed by atoms with E-state index in [1.165, 1.54) is 45.1 Å². The van der Waals surface area contributed by atoms with E-state index in [0.717, 1.165) is 23.4 Å². The first-order valence-corrected chi connectivity index (χ1v) is 9.93. The molecular formula is C21H30N6O2. The summed E-state index contributed by atoms with van der Waals surface area (Å²) < 4.78 is 2.28. The van der Waals surface area contributed by atoms with Crippen molar-refractivity contribution in [2.75, 3.05) is 11.5 Å². The number of rotatable bonds is 4. The molecule has 6 N–H and O–H groups in total. The number of aliphatic hydroxyl groups is 2. The predicted molar refractivity (Wildman–Crippen MR) is 114 cm³/mol. The summed E-state index contributed by atoms with van der Waals surface area (Å²) in [5.41, 5.74) is 13.8. The maximum atomic E-state index is 8.08. The van der Waals surface area contributed by atoms with Crippen molar-refractivity contribution < 1.29 is 10.2 Å². The Bertz CT molecular complexity index is 926. The first-order valence-electron chi connectivity index (χ1n) is 9.93. The highest BCUT2D eigenvalue weighted by molar-refractivity contribution is 5.86. The van der Waals surface area contributed by atoms with Crippen LogP contribution in [0.4, 0.5) is 11.6 Å². The smallest absolute Gasteiger partial charge is 0.156 e. The van der Waals surface area contributed by atoms with Crippen molar-refractivity contribution in [1.29, 1.82) is 0 Å². The Morgan fingerprint density at radius 2 is 1.86 bits per heavy atom. The fourth-order valence-corrected chi connectivity index (χ4v) is 3.80. The van der Waals surface area contributed by atoms with Crippen LogP contribution in [0.15, 0.2) is 36.9 Å². The summed E-state index contributed by atoms with van der Waals surface area (Å²) in [7, 11) is 0. The first-order chi connectivity index (χ1) is 13.7. The number of nitrogens with zero attached hydrogens (tertiary/aromatic N) is 4. The van der Waals surface area contributed by atoms with Crippen LogP contribution in [0.5, 0.6) is 0 Å². The summed E-state index contributed by atoms with van der Waals surface area (Å²) >= 11 is 0. The lowest BCUT2D eigenvalue weighted by Gasteiger charge is -2.14. The second kappa shape index (κ2) is 8.75. The van der Waals surface area contributed by atoms with Gasteiger partial charge in [0.15, 0.2) is 5.79 Å². The van der Waals surface area contributed by atoms with Crippen molar-refractivity contribution in [2.45, 2.75) is 57.8 Å². The van der Waals surface area contributed by atoms with E-state index < -0.39 is 5.79 Å². The number of nitrogen functional groups attached to an aromatic ring is 2. The van der Waals surface area contributed by atoms with Crippen LogP contribution in [0.25, 0.3) is 11.0 Å². The number of hydrogen-bond donors (Lipinski definition) is 4. The topological polar surface area (TPSA) is 136 Å². The third kappa shape index (κ3) is 5.88. The van der Waals surface area contributed by atoms with Crippen LogP contribution >= 0.6 is 0 Å². The van der Waals surface area contributed by atoms with E-state index in [-0.39, 0.29) is 0 Å². The number of aromatic nitrogens is 4. The van der Waals surface area contributed by atoms with Gasteiger partial charge >= 0.3 is 0 Å². The minimum Gasteiger partial charge on any atom is -0.384 e. The molecule has 1 aliphatic rings. The quantitative estimate of drug-likeness (QED) is 0.496. The zero-order valence-electron chi connectivity index (χ0n) is 17.0. The average molecular weight is 399 g/mol. The van der Waals surface area contributed by atoms with Gasteiger partial charge in [-0.3, -0.25) is 0 Å². The standard InChI is InChI=1S/C18H22N6.C3H8O2/c19-16-6-4-13(10-21-16)2-1-12-3-5-14(9-12)24-8-7-15-17(20)22-11-23-18(15)24;1-3(2,4)5/h4,6-8,10-12,14H,1-3,5,9H2,(H2,19,21)(H2,20,22,23);4-5H,1-2H3. The lowest BCUT2D eigenvalue weighted by atomic mass is 9.98. The number of hydrogen-bond acceptors (Lipinski definition) is 7. The number of pyridine rings is 1. The van der Waals surface area contributed by atoms with Crippen LogP contribution in [0.3, 0.4) is 0 Å². The molecule has 1 saturated carbocycles. The molecule has 0 amide bonds. The molecular weight excluding hydrogens is 368 g/mol. The van der Waals surface area contributed by atoms with E-state index in [0.29, 0.717) is 17.7 Å². The molecule has 156 valence electrons. The molecule has 3 aromatic heterocycles. The lowest BCUT2D eigenvalue weighted by molar-refractivity contribution is -0.127. The Hall–Kier alpha value is -2.71. The molecule has 0 aliphatic heterocycles. The number of nitrogens with two attached hydrogens (primary N) is 2. The largest absolute Gasteiger partial charge is 0.384 e. The Balaban J connectivity index is 0.000000431. The highest BCUT2D eigenvalue weighted by Crippen LogP contribution is 2.38. The van der Waals surface area contributed by atoms with Gasteiger partial charge in [-0.05, 0) is 69.6 Å². The molecule has 1 aliphatic carbocycles. The SMILES string of the molecule is CC(C)(O)O.Nc1ccc(CCC2CCC(n3ccc4c(N)ncnc43)C2)cn1. The van der Waals surface area contributed by atoms with E-state index in [1.54, 1.807) is 6.33 Å². The molecule has 8 heteroatoms. The molecule has 1 fully saturated rings. The highest BCUT2D eigenvalue weighted by atomic mass is 16.5. The van der Waals surface area contributed by atoms with Gasteiger partial charge in [0.25, 0.3) is 0 Å². The molecule has 3 aromatic rings. The van der Waals surface area contributed by atoms with Crippen LogP contribution in [-0.2, 0) is 6.42 Å². The van der Waals surface area contributed by atoms with Gasteiger partial charge in [0, 0.05) is 18.4 Å². The monoisotopic (exact) mass is 398 g/mol. The van der Waals surface area contributed by atoms with Crippen molar-refractivity contribution in [3.8, 4) is 0 Å². The fraction of sp³-hybridized carbons (Fsp3) is 0.476. The summed E-state index contributed by atoms with van der Waals surface area (Å²) in [6, 6.07) is 6.49. The first kappa shape index (κ1) is 21.0. The van der Waals surface area contributed by atoms with Gasteiger partial charge in [0.2, 0.25) is 0 Å². The van der Waals surface area contributed by atoms with Gasteiger partial charge in [0.1, 0.15) is 23.6 Å². The van der Waals surface area contributed by atoms with E-state index >= 15 is 0 Å². The van der Waals surface area contributed by atoms with Gasteiger partial charge in [-0.15, -0.1) is 0 Å². The summed E-state index contributed by atoms with van der Waals surface area (Å²) in [4.78, 5) is 12.7. The molecule has 29 heavy (non-hydrogen) atoms. The van der Waals surface area contributed by atoms with Crippen LogP contribution in [0, 0.1) is 5.92 Å².